The molecule has 0 spiro atoms. The lowest BCUT2D eigenvalue weighted by molar-refractivity contribution is -0.117. The molecule has 0 radical (unpaired) electrons. The number of nitrogens with zero attached hydrogens (tertiary/aromatic N) is 2. The molecule has 2 rings (SSSR count). The van der Waals surface area contributed by atoms with Gasteiger partial charge in [0.25, 0.3) is 5.56 Å². The molecule has 0 aliphatic heterocycles. The summed E-state index contributed by atoms with van der Waals surface area (Å²) in [4.78, 5) is 31.7. The van der Waals surface area contributed by atoms with Crippen molar-refractivity contribution in [2.45, 2.75) is 17.3 Å². The number of carbonyl (C=O) groups is 1. The molecule has 1 aromatic heterocycles. The fourth-order valence-electron chi connectivity index (χ4n) is 1.68. The lowest BCUT2D eigenvalue weighted by Crippen LogP contribution is -2.33. The van der Waals surface area contributed by atoms with Gasteiger partial charge in [-0.3, -0.25) is 9.59 Å². The summed E-state index contributed by atoms with van der Waals surface area (Å²) in [5, 5.41) is 0.102. The molecule has 0 saturated carbocycles. The molecule has 0 aliphatic carbocycles. The average Bonchev–Trinajstić information content (AvgIpc) is 2.46. The van der Waals surface area contributed by atoms with Crippen molar-refractivity contribution in [2.24, 2.45) is 0 Å². The lowest BCUT2D eigenvalue weighted by atomic mass is 10.3. The van der Waals surface area contributed by atoms with Crippen molar-refractivity contribution in [1.82, 2.24) is 9.97 Å². The molecule has 2 aromatic rings. The largest absolute Gasteiger partial charge is 0.315 e. The fraction of sp³-hybridized carbons (Fsp3) is 0.214. The number of hydrogen-bond acceptors (Lipinski definition) is 4. The van der Waals surface area contributed by atoms with E-state index in [1.807, 2.05) is 30.3 Å². The molecular formula is C14H15N3O2S. The van der Waals surface area contributed by atoms with Crippen LogP contribution in [0.25, 0.3) is 0 Å². The van der Waals surface area contributed by atoms with Crippen molar-refractivity contribution in [3.8, 4) is 0 Å². The summed E-state index contributed by atoms with van der Waals surface area (Å²) in [6, 6.07) is 10.8. The number of H-pyrrole nitrogens is 1. The van der Waals surface area contributed by atoms with Crippen molar-refractivity contribution in [3.05, 3.63) is 52.9 Å². The van der Waals surface area contributed by atoms with E-state index < -0.39 is 0 Å². The number of aromatic nitrogens is 2. The number of para-hydroxylation sites is 1. The highest BCUT2D eigenvalue weighted by Crippen LogP contribution is 2.21. The Morgan fingerprint density at radius 3 is 2.65 bits per heavy atom. The number of amides is 1. The molecule has 5 nitrogen and oxygen atoms in total. The second-order valence-electron chi connectivity index (χ2n) is 4.23. The van der Waals surface area contributed by atoms with Gasteiger partial charge < -0.3 is 9.88 Å². The van der Waals surface area contributed by atoms with Gasteiger partial charge in [0.2, 0.25) is 5.91 Å². The van der Waals surface area contributed by atoms with Gasteiger partial charge in [-0.15, -0.1) is 0 Å². The topological polar surface area (TPSA) is 66.1 Å². The fourth-order valence-corrected chi connectivity index (χ4v) is 2.56. The van der Waals surface area contributed by atoms with Gasteiger partial charge in [-0.1, -0.05) is 30.0 Å². The first-order chi connectivity index (χ1) is 9.58. The first-order valence-electron chi connectivity index (χ1n) is 6.12. The minimum Gasteiger partial charge on any atom is -0.315 e. The Balaban J connectivity index is 2.07. The van der Waals surface area contributed by atoms with Gasteiger partial charge in [-0.2, -0.15) is 0 Å². The van der Waals surface area contributed by atoms with E-state index in [0.29, 0.717) is 5.16 Å². The van der Waals surface area contributed by atoms with Crippen LogP contribution in [0, 0.1) is 0 Å². The van der Waals surface area contributed by atoms with E-state index in [0.717, 1.165) is 5.69 Å². The Bertz CT molecular complexity index is 642. The van der Waals surface area contributed by atoms with Crippen LogP contribution in [-0.4, -0.2) is 28.2 Å². The summed E-state index contributed by atoms with van der Waals surface area (Å²) in [5.74, 6) is -0.0484. The van der Waals surface area contributed by atoms with Crippen molar-refractivity contribution in [3.63, 3.8) is 0 Å². The Morgan fingerprint density at radius 2 is 2.00 bits per heavy atom. The average molecular weight is 289 g/mol. The highest BCUT2D eigenvalue weighted by molar-refractivity contribution is 8.00. The summed E-state index contributed by atoms with van der Waals surface area (Å²) >= 11 is 1.23. The highest BCUT2D eigenvalue weighted by Gasteiger charge is 2.20. The van der Waals surface area contributed by atoms with Gasteiger partial charge in [-0.05, 0) is 19.1 Å². The van der Waals surface area contributed by atoms with Gasteiger partial charge >= 0.3 is 0 Å². The zero-order valence-corrected chi connectivity index (χ0v) is 12.1. The lowest BCUT2D eigenvalue weighted by Gasteiger charge is -2.20. The van der Waals surface area contributed by atoms with Crippen LogP contribution in [0.5, 0.6) is 0 Å². The summed E-state index contributed by atoms with van der Waals surface area (Å²) < 4.78 is 0. The van der Waals surface area contributed by atoms with E-state index in [1.54, 1.807) is 18.9 Å². The number of anilines is 1. The second-order valence-corrected chi connectivity index (χ2v) is 5.56. The molecule has 0 saturated heterocycles. The summed E-state index contributed by atoms with van der Waals surface area (Å²) in [7, 11) is 1.73. The van der Waals surface area contributed by atoms with Crippen LogP contribution in [0.15, 0.2) is 52.5 Å². The molecule has 1 heterocycles. The zero-order chi connectivity index (χ0) is 14.5. The van der Waals surface area contributed by atoms with E-state index in [9.17, 15) is 9.59 Å². The van der Waals surface area contributed by atoms with E-state index in [4.69, 9.17) is 0 Å². The van der Waals surface area contributed by atoms with Crippen LogP contribution < -0.4 is 10.5 Å². The maximum atomic E-state index is 12.3. The molecule has 1 aromatic carbocycles. The molecule has 1 atom stereocenters. The van der Waals surface area contributed by atoms with Gasteiger partial charge in [0.05, 0.1) is 5.25 Å². The minimum absolute atomic E-state index is 0.0484. The highest BCUT2D eigenvalue weighted by atomic mass is 32.2. The number of rotatable bonds is 4. The third-order valence-corrected chi connectivity index (χ3v) is 3.74. The maximum Gasteiger partial charge on any atom is 0.251 e. The number of nitrogens with one attached hydrogen (secondary N) is 1. The number of benzene rings is 1. The van der Waals surface area contributed by atoms with E-state index in [2.05, 4.69) is 9.97 Å². The standard InChI is InChI=1S/C14H15N3O2S/c1-10(20-14-15-9-8-12(18)16-14)13(19)17(2)11-6-4-3-5-7-11/h3-10H,1-2H3,(H,15,16,18)/t10-/m1/s1. The van der Waals surface area contributed by atoms with Gasteiger partial charge in [0.15, 0.2) is 5.16 Å². The van der Waals surface area contributed by atoms with Gasteiger partial charge in [-0.25, -0.2) is 4.98 Å². The molecule has 0 aliphatic rings. The molecule has 6 heteroatoms. The molecule has 1 N–H and O–H groups in total. The van der Waals surface area contributed by atoms with Crippen molar-refractivity contribution >= 4 is 23.4 Å². The van der Waals surface area contributed by atoms with E-state index in [1.165, 1.54) is 24.0 Å². The molecule has 0 bridgehead atoms. The predicted molar refractivity (Wildman–Crippen MR) is 80.0 cm³/mol. The van der Waals surface area contributed by atoms with Crippen LogP contribution in [0.3, 0.4) is 0 Å². The molecule has 20 heavy (non-hydrogen) atoms. The Hall–Kier alpha value is -2.08. The van der Waals surface area contributed by atoms with E-state index >= 15 is 0 Å². The summed E-state index contributed by atoms with van der Waals surface area (Å²) in [6.45, 7) is 1.79. The van der Waals surface area contributed by atoms with Crippen LogP contribution >= 0.6 is 11.8 Å². The zero-order valence-electron chi connectivity index (χ0n) is 11.2. The SMILES string of the molecule is C[C@@H](Sc1nccc(=O)[nH]1)C(=O)N(C)c1ccccc1. The normalized spacial score (nSPS) is 11.9. The Kier molecular flexibility index (Phi) is 4.57. The quantitative estimate of drug-likeness (QED) is 0.690. The van der Waals surface area contributed by atoms with Crippen LogP contribution in [0.4, 0.5) is 5.69 Å². The first-order valence-corrected chi connectivity index (χ1v) is 7.00. The molecule has 0 unspecified atom stereocenters. The van der Waals surface area contributed by atoms with Crippen molar-refractivity contribution in [1.29, 1.82) is 0 Å². The number of aromatic amines is 1. The first kappa shape index (κ1) is 14.3. The van der Waals surface area contributed by atoms with Gasteiger partial charge in [0.1, 0.15) is 0 Å². The number of thioether (sulfide) groups is 1. The van der Waals surface area contributed by atoms with Crippen molar-refractivity contribution < 1.29 is 4.79 Å². The third kappa shape index (κ3) is 3.48. The number of hydrogen-bond donors (Lipinski definition) is 1. The van der Waals surface area contributed by atoms with Crippen molar-refractivity contribution in [2.75, 3.05) is 11.9 Å². The summed E-state index contributed by atoms with van der Waals surface area (Å²) in [5.41, 5.74) is 0.609. The second kappa shape index (κ2) is 6.38. The van der Waals surface area contributed by atoms with Gasteiger partial charge in [0, 0.05) is 25.0 Å². The van der Waals surface area contributed by atoms with Crippen LogP contribution in [0.1, 0.15) is 6.92 Å². The molecule has 0 fully saturated rings. The van der Waals surface area contributed by atoms with E-state index in [-0.39, 0.29) is 16.7 Å². The molecular weight excluding hydrogens is 274 g/mol. The maximum absolute atomic E-state index is 12.3. The smallest absolute Gasteiger partial charge is 0.251 e. The monoisotopic (exact) mass is 289 g/mol. The predicted octanol–water partition coefficient (Wildman–Crippen LogP) is 1.91. The molecule has 1 amide bonds. The molecule has 104 valence electrons. The minimum atomic E-state index is -0.342. The Labute approximate surface area is 121 Å². The Morgan fingerprint density at radius 1 is 1.30 bits per heavy atom. The number of carbonyl (C=O) groups excluding carboxylic acids is 1. The van der Waals surface area contributed by atoms with Crippen LogP contribution in [-0.2, 0) is 4.79 Å². The van der Waals surface area contributed by atoms with Crippen LogP contribution in [0.2, 0.25) is 0 Å². The third-order valence-electron chi connectivity index (χ3n) is 2.76. The summed E-state index contributed by atoms with van der Waals surface area (Å²) in [6.07, 6.45) is 1.43.